The molecule has 2 aliphatic rings. The molecule has 0 aliphatic carbocycles. The summed E-state index contributed by atoms with van der Waals surface area (Å²) in [5.74, 6) is -2.41. The number of hydrogen-bond donors (Lipinski definition) is 0. The number of anilines is 2. The molecule has 5 heterocycles. The van der Waals surface area contributed by atoms with E-state index in [1.54, 1.807) is 13.1 Å². The second-order valence-corrected chi connectivity index (χ2v) is 10.1. The van der Waals surface area contributed by atoms with Crippen molar-refractivity contribution in [2.24, 2.45) is 12.5 Å². The highest BCUT2D eigenvalue weighted by atomic mass is 19.3. The molecule has 2 aliphatic heterocycles. The lowest BCUT2D eigenvalue weighted by molar-refractivity contribution is 0.0128. The largest absolute Gasteiger partial charge is 0.371 e. The van der Waals surface area contributed by atoms with Crippen molar-refractivity contribution in [2.45, 2.75) is 51.7 Å². The maximum atomic E-state index is 13.8. The fraction of sp³-hybridized carbons (Fsp3) is 0.583. The minimum atomic E-state index is -2.97. The van der Waals surface area contributed by atoms with Gasteiger partial charge in [0.15, 0.2) is 5.65 Å². The van der Waals surface area contributed by atoms with E-state index >= 15 is 0 Å². The zero-order chi connectivity index (χ0) is 25.0. The summed E-state index contributed by atoms with van der Waals surface area (Å²) in [6.07, 6.45) is 4.58. The Labute approximate surface area is 201 Å². The van der Waals surface area contributed by atoms with E-state index in [1.807, 2.05) is 0 Å². The van der Waals surface area contributed by atoms with E-state index in [0.717, 1.165) is 58.1 Å². The first-order valence-electron chi connectivity index (χ1n) is 12.0. The number of piperidine rings is 1. The molecule has 188 valence electrons. The summed E-state index contributed by atoms with van der Waals surface area (Å²) >= 11 is 0. The van der Waals surface area contributed by atoms with Gasteiger partial charge in [0.25, 0.3) is 11.5 Å². The van der Waals surface area contributed by atoms with Crippen LogP contribution in [-0.2, 0) is 19.5 Å². The third-order valence-electron chi connectivity index (χ3n) is 7.38. The quantitative estimate of drug-likeness (QED) is 0.547. The van der Waals surface area contributed by atoms with Crippen molar-refractivity contribution < 1.29 is 13.2 Å². The minimum Gasteiger partial charge on any atom is -0.371 e. The molecule has 0 bridgehead atoms. The van der Waals surface area contributed by atoms with Gasteiger partial charge >= 0.3 is 0 Å². The molecule has 35 heavy (non-hydrogen) atoms. The lowest BCUT2D eigenvalue weighted by Gasteiger charge is -2.40. The molecule has 2 saturated heterocycles. The van der Waals surface area contributed by atoms with Gasteiger partial charge in [-0.05, 0) is 43.7 Å². The highest BCUT2D eigenvalue weighted by Gasteiger charge is 2.41. The third-order valence-corrected chi connectivity index (χ3v) is 7.38. The molecule has 5 rings (SSSR count). The number of nitrogens with zero attached hydrogens (tertiary/aromatic N) is 7. The molecule has 2 fully saturated rings. The first-order chi connectivity index (χ1) is 16.6. The molecule has 11 heteroatoms. The predicted molar refractivity (Wildman–Crippen MR) is 128 cm³/mol. The molecule has 0 radical (unpaired) electrons. The molecule has 0 amide bonds. The summed E-state index contributed by atoms with van der Waals surface area (Å²) in [5, 5.41) is 4.55. The molecule has 1 atom stereocenters. The van der Waals surface area contributed by atoms with Gasteiger partial charge in [0, 0.05) is 52.0 Å². The third kappa shape index (κ3) is 4.36. The summed E-state index contributed by atoms with van der Waals surface area (Å²) in [5.41, 5.74) is 0.857. The molecule has 0 aromatic carbocycles. The van der Waals surface area contributed by atoms with Crippen molar-refractivity contribution in [3.63, 3.8) is 0 Å². The average Bonchev–Trinajstić information content (AvgIpc) is 3.41. The number of hydrogen-bond acceptors (Lipinski definition) is 6. The van der Waals surface area contributed by atoms with Gasteiger partial charge in [-0.25, -0.2) is 9.07 Å². The van der Waals surface area contributed by atoms with Crippen LogP contribution in [0.25, 0.3) is 11.0 Å². The summed E-state index contributed by atoms with van der Waals surface area (Å²) in [4.78, 5) is 25.8. The maximum absolute atomic E-state index is 13.8. The molecule has 1 unspecified atom stereocenters. The van der Waals surface area contributed by atoms with E-state index in [9.17, 15) is 18.0 Å². The minimum absolute atomic E-state index is 0.0444. The van der Waals surface area contributed by atoms with Gasteiger partial charge in [0.2, 0.25) is 5.95 Å². The Kier molecular flexibility index (Phi) is 5.76. The Balaban J connectivity index is 1.33. The van der Waals surface area contributed by atoms with E-state index in [4.69, 9.17) is 4.98 Å². The molecule has 3 aromatic rings. The van der Waals surface area contributed by atoms with Crippen molar-refractivity contribution in [3.05, 3.63) is 40.6 Å². The first-order valence-corrected chi connectivity index (χ1v) is 12.0. The van der Waals surface area contributed by atoms with E-state index in [2.05, 4.69) is 19.9 Å². The van der Waals surface area contributed by atoms with Crippen LogP contribution in [0.5, 0.6) is 0 Å². The van der Waals surface area contributed by atoms with Crippen LogP contribution in [-0.4, -0.2) is 56.7 Å². The molecule has 1 spiro atoms. The fourth-order valence-electron chi connectivity index (χ4n) is 5.34. The molecular formula is C24H30F3N7O. The second kappa shape index (κ2) is 8.53. The van der Waals surface area contributed by atoms with Gasteiger partial charge in [-0.2, -0.15) is 18.9 Å². The monoisotopic (exact) mass is 489 g/mol. The van der Waals surface area contributed by atoms with Gasteiger partial charge in [-0.3, -0.25) is 14.3 Å². The van der Waals surface area contributed by atoms with Crippen molar-refractivity contribution in [1.29, 1.82) is 0 Å². The first kappa shape index (κ1) is 23.6. The fourth-order valence-corrected chi connectivity index (χ4v) is 5.34. The number of fused-ring (bicyclic) bond motifs is 1. The zero-order valence-corrected chi connectivity index (χ0v) is 20.2. The molecule has 8 nitrogen and oxygen atoms in total. The summed E-state index contributed by atoms with van der Waals surface area (Å²) < 4.78 is 44.1. The topological polar surface area (TPSA) is 72.1 Å². The van der Waals surface area contributed by atoms with E-state index in [1.165, 1.54) is 34.6 Å². The van der Waals surface area contributed by atoms with E-state index in [-0.39, 0.29) is 23.2 Å². The lowest BCUT2D eigenvalue weighted by atomic mass is 9.78. The van der Waals surface area contributed by atoms with Crippen molar-refractivity contribution in [2.75, 3.05) is 36.0 Å². The predicted octanol–water partition coefficient (Wildman–Crippen LogP) is 3.49. The number of pyridine rings is 1. The van der Waals surface area contributed by atoms with Crippen molar-refractivity contribution in [1.82, 2.24) is 24.3 Å². The van der Waals surface area contributed by atoms with Gasteiger partial charge in [0.1, 0.15) is 17.3 Å². The normalized spacial score (nSPS) is 19.1. The van der Waals surface area contributed by atoms with E-state index in [0.29, 0.717) is 17.0 Å². The highest BCUT2D eigenvalue weighted by Crippen LogP contribution is 2.43. The van der Waals surface area contributed by atoms with Crippen molar-refractivity contribution in [3.8, 4) is 0 Å². The van der Waals surface area contributed by atoms with Crippen LogP contribution in [0.1, 0.15) is 38.8 Å². The van der Waals surface area contributed by atoms with Crippen LogP contribution in [0, 0.1) is 5.41 Å². The standard InChI is InChI=1S/C24H30F3N7O/c1-16(25)14-34-20-18(13-29-34)21(35)31(3)22(30-20)32-9-5-24(6-10-32)7-11-33(15-24)17-4-8-28-19(12-17)23(2,26)27/h4,8,12-13,16H,5-7,9-11,14-15H2,1-3H3. The number of rotatable bonds is 5. The van der Waals surface area contributed by atoms with Gasteiger partial charge in [-0.15, -0.1) is 0 Å². The summed E-state index contributed by atoms with van der Waals surface area (Å²) in [7, 11) is 1.70. The summed E-state index contributed by atoms with van der Waals surface area (Å²) in [6, 6.07) is 3.28. The molecule has 3 aromatic heterocycles. The SMILES string of the molecule is CC(F)Cn1ncc2c(=O)n(C)c(N3CCC4(CCN(c5ccnc(C(C)(F)F)c5)C4)CC3)nc21. The smallest absolute Gasteiger partial charge is 0.287 e. The highest BCUT2D eigenvalue weighted by molar-refractivity contribution is 5.74. The van der Waals surface area contributed by atoms with Gasteiger partial charge in [-0.1, -0.05) is 0 Å². The molecule has 0 saturated carbocycles. The van der Waals surface area contributed by atoms with Crippen LogP contribution in [0.15, 0.2) is 29.3 Å². The van der Waals surface area contributed by atoms with Crippen LogP contribution in [0.2, 0.25) is 0 Å². The number of halogens is 3. The molecular weight excluding hydrogens is 459 g/mol. The Morgan fingerprint density at radius 1 is 1.17 bits per heavy atom. The van der Waals surface area contributed by atoms with Crippen molar-refractivity contribution >= 4 is 22.7 Å². The number of aromatic nitrogens is 5. The van der Waals surface area contributed by atoms with Gasteiger partial charge < -0.3 is 9.80 Å². The lowest BCUT2D eigenvalue weighted by Crippen LogP contribution is -2.44. The Morgan fingerprint density at radius 2 is 1.86 bits per heavy atom. The van der Waals surface area contributed by atoms with E-state index < -0.39 is 12.1 Å². The van der Waals surface area contributed by atoms with Gasteiger partial charge in [0.05, 0.1) is 12.7 Å². The van der Waals surface area contributed by atoms with Crippen LogP contribution in [0.4, 0.5) is 24.8 Å². The Bertz CT molecular complexity index is 1290. The average molecular weight is 490 g/mol. The Hall–Kier alpha value is -3.11. The Morgan fingerprint density at radius 3 is 2.51 bits per heavy atom. The second-order valence-electron chi connectivity index (χ2n) is 10.1. The maximum Gasteiger partial charge on any atom is 0.287 e. The van der Waals surface area contributed by atoms with Crippen LogP contribution < -0.4 is 15.4 Å². The number of alkyl halides is 3. The van der Waals surface area contributed by atoms with Crippen LogP contribution in [0.3, 0.4) is 0 Å². The molecule has 0 N–H and O–H groups in total. The zero-order valence-electron chi connectivity index (χ0n) is 20.2. The van der Waals surface area contributed by atoms with Crippen LogP contribution >= 0.6 is 0 Å². The summed E-state index contributed by atoms with van der Waals surface area (Å²) in [6.45, 7) is 5.41.